The van der Waals surface area contributed by atoms with Crippen LogP contribution in [-0.2, 0) is 11.2 Å². The van der Waals surface area contributed by atoms with Gasteiger partial charge in [0.15, 0.2) is 11.9 Å². The lowest BCUT2D eigenvalue weighted by molar-refractivity contribution is -0.124. The standard InChI is InChI=1S/C21H28N4O3/c1-13(2)19-21(27)24-16(12-26)10-15-6-7-17(11-18(15)25(19)4)28-14(3)20-22-8-5-9-23-20/h5-9,11,13-14,16,19,26H,10,12H2,1-4H3,(H,24,27)/t14?,16-,19-/m1/s1. The molecular formula is C21H28N4O3. The van der Waals surface area contributed by atoms with Crippen molar-refractivity contribution in [3.05, 3.63) is 48.0 Å². The van der Waals surface area contributed by atoms with Gasteiger partial charge in [-0.3, -0.25) is 4.79 Å². The number of fused-ring (bicyclic) bond motifs is 1. The average Bonchev–Trinajstić information content (AvgIpc) is 2.67. The van der Waals surface area contributed by atoms with Gasteiger partial charge in [-0.15, -0.1) is 0 Å². The molecule has 1 aliphatic rings. The van der Waals surface area contributed by atoms with E-state index in [0.29, 0.717) is 18.0 Å². The molecule has 7 nitrogen and oxygen atoms in total. The fourth-order valence-corrected chi connectivity index (χ4v) is 3.68. The SMILES string of the molecule is CC(Oc1ccc2c(c1)N(C)[C@H](C(C)C)C(=O)N[C@@H](CO)C2)c1ncccn1. The molecule has 2 aromatic rings. The number of ether oxygens (including phenoxy) is 1. The van der Waals surface area contributed by atoms with E-state index in [1.807, 2.05) is 50.9 Å². The Morgan fingerprint density at radius 1 is 1.29 bits per heavy atom. The van der Waals surface area contributed by atoms with Gasteiger partial charge in [-0.05, 0) is 37.0 Å². The summed E-state index contributed by atoms with van der Waals surface area (Å²) in [7, 11) is 1.93. The van der Waals surface area contributed by atoms with Gasteiger partial charge in [0.25, 0.3) is 0 Å². The highest BCUT2D eigenvalue weighted by molar-refractivity contribution is 5.86. The minimum absolute atomic E-state index is 0.0698. The fraction of sp³-hybridized carbons (Fsp3) is 0.476. The summed E-state index contributed by atoms with van der Waals surface area (Å²) in [6.45, 7) is 5.85. The molecule has 150 valence electrons. The molecule has 0 saturated carbocycles. The average molecular weight is 384 g/mol. The number of likely N-dealkylation sites (N-methyl/N-ethyl adjacent to an activating group) is 1. The number of aromatic nitrogens is 2. The monoisotopic (exact) mass is 384 g/mol. The van der Waals surface area contributed by atoms with Gasteiger partial charge in [0.2, 0.25) is 5.91 Å². The van der Waals surface area contributed by atoms with E-state index in [9.17, 15) is 9.90 Å². The topological polar surface area (TPSA) is 87.6 Å². The van der Waals surface area contributed by atoms with Crippen LogP contribution in [0.3, 0.4) is 0 Å². The number of nitrogens with zero attached hydrogens (tertiary/aromatic N) is 3. The number of anilines is 1. The van der Waals surface area contributed by atoms with Crippen LogP contribution in [0.25, 0.3) is 0 Å². The van der Waals surface area contributed by atoms with Gasteiger partial charge < -0.3 is 20.1 Å². The third-order valence-electron chi connectivity index (χ3n) is 5.05. The molecular weight excluding hydrogens is 356 g/mol. The Hall–Kier alpha value is -2.67. The highest BCUT2D eigenvalue weighted by atomic mass is 16.5. The van der Waals surface area contributed by atoms with E-state index in [1.165, 1.54) is 0 Å². The van der Waals surface area contributed by atoms with Crippen LogP contribution in [0.15, 0.2) is 36.7 Å². The highest BCUT2D eigenvalue weighted by Crippen LogP contribution is 2.32. The van der Waals surface area contributed by atoms with Crippen molar-refractivity contribution in [2.24, 2.45) is 5.92 Å². The summed E-state index contributed by atoms with van der Waals surface area (Å²) in [6, 6.07) is 7.00. The molecule has 0 saturated heterocycles. The normalized spacial score (nSPS) is 20.8. The third-order valence-corrected chi connectivity index (χ3v) is 5.05. The molecule has 2 heterocycles. The van der Waals surface area contributed by atoms with Crippen molar-refractivity contribution >= 4 is 11.6 Å². The molecule has 1 aromatic carbocycles. The van der Waals surface area contributed by atoms with E-state index in [0.717, 1.165) is 11.3 Å². The number of hydrogen-bond acceptors (Lipinski definition) is 6. The lowest BCUT2D eigenvalue weighted by Crippen LogP contribution is -2.54. The summed E-state index contributed by atoms with van der Waals surface area (Å²) < 4.78 is 6.06. The van der Waals surface area contributed by atoms with E-state index < -0.39 is 0 Å². The first-order valence-corrected chi connectivity index (χ1v) is 9.61. The van der Waals surface area contributed by atoms with Gasteiger partial charge >= 0.3 is 0 Å². The van der Waals surface area contributed by atoms with Crippen LogP contribution in [0.1, 0.15) is 38.3 Å². The predicted molar refractivity (Wildman–Crippen MR) is 107 cm³/mol. The van der Waals surface area contributed by atoms with E-state index in [4.69, 9.17) is 4.74 Å². The highest BCUT2D eigenvalue weighted by Gasteiger charge is 2.32. The quantitative estimate of drug-likeness (QED) is 0.821. The largest absolute Gasteiger partial charge is 0.483 e. The summed E-state index contributed by atoms with van der Waals surface area (Å²) in [5.41, 5.74) is 1.99. The second-order valence-corrected chi connectivity index (χ2v) is 7.55. The number of amides is 1. The Balaban J connectivity index is 1.93. The first-order valence-electron chi connectivity index (χ1n) is 9.61. The minimum atomic E-state index is -0.335. The minimum Gasteiger partial charge on any atom is -0.483 e. The Morgan fingerprint density at radius 2 is 2.00 bits per heavy atom. The van der Waals surface area contributed by atoms with E-state index in [-0.39, 0.29) is 36.6 Å². The van der Waals surface area contributed by atoms with Crippen molar-refractivity contribution in [3.63, 3.8) is 0 Å². The number of aliphatic hydroxyl groups is 1. The zero-order valence-electron chi connectivity index (χ0n) is 16.8. The molecule has 1 aliphatic heterocycles. The van der Waals surface area contributed by atoms with Crippen LogP contribution < -0.4 is 15.0 Å². The Bertz CT molecular complexity index is 813. The first kappa shape index (κ1) is 20.1. The molecule has 1 aromatic heterocycles. The third kappa shape index (κ3) is 4.25. The summed E-state index contributed by atoms with van der Waals surface area (Å²) in [4.78, 5) is 23.2. The maximum absolute atomic E-state index is 12.7. The Labute approximate surface area is 165 Å². The number of carbonyl (C=O) groups excluding carboxylic acids is 1. The number of rotatable bonds is 5. The molecule has 2 N–H and O–H groups in total. The Morgan fingerprint density at radius 3 is 2.64 bits per heavy atom. The number of nitrogens with one attached hydrogen (secondary N) is 1. The van der Waals surface area contributed by atoms with Crippen molar-refractivity contribution in [1.82, 2.24) is 15.3 Å². The molecule has 0 bridgehead atoms. The predicted octanol–water partition coefficient (Wildman–Crippen LogP) is 2.11. The van der Waals surface area contributed by atoms with Crippen LogP contribution >= 0.6 is 0 Å². The number of aliphatic hydroxyl groups excluding tert-OH is 1. The van der Waals surface area contributed by atoms with Gasteiger partial charge in [0.1, 0.15) is 11.8 Å². The van der Waals surface area contributed by atoms with Gasteiger partial charge in [0.05, 0.1) is 12.6 Å². The molecule has 0 aliphatic carbocycles. The second kappa shape index (κ2) is 8.56. The molecule has 3 atom stereocenters. The van der Waals surface area contributed by atoms with Crippen LogP contribution in [0, 0.1) is 5.92 Å². The molecule has 1 amide bonds. The van der Waals surface area contributed by atoms with E-state index in [1.54, 1.807) is 18.5 Å². The maximum atomic E-state index is 12.7. The molecule has 0 spiro atoms. The van der Waals surface area contributed by atoms with Crippen molar-refractivity contribution in [2.75, 3.05) is 18.6 Å². The summed E-state index contributed by atoms with van der Waals surface area (Å²) >= 11 is 0. The van der Waals surface area contributed by atoms with Gasteiger partial charge in [0, 0.05) is 31.2 Å². The smallest absolute Gasteiger partial charge is 0.243 e. The first-order chi connectivity index (χ1) is 13.4. The lowest BCUT2D eigenvalue weighted by Gasteiger charge is -2.37. The van der Waals surface area contributed by atoms with Crippen molar-refractivity contribution in [2.45, 2.75) is 45.4 Å². The number of hydrogen-bond donors (Lipinski definition) is 2. The molecule has 0 radical (unpaired) electrons. The van der Waals surface area contributed by atoms with Crippen molar-refractivity contribution in [1.29, 1.82) is 0 Å². The van der Waals surface area contributed by atoms with Crippen LogP contribution in [0.2, 0.25) is 0 Å². The molecule has 28 heavy (non-hydrogen) atoms. The van der Waals surface area contributed by atoms with Crippen molar-refractivity contribution in [3.8, 4) is 5.75 Å². The van der Waals surface area contributed by atoms with Gasteiger partial charge in [-0.25, -0.2) is 9.97 Å². The summed E-state index contributed by atoms with van der Waals surface area (Å²) in [6.07, 6.45) is 3.64. The fourth-order valence-electron chi connectivity index (χ4n) is 3.68. The maximum Gasteiger partial charge on any atom is 0.243 e. The zero-order chi connectivity index (χ0) is 20.3. The Kier molecular flexibility index (Phi) is 6.14. The second-order valence-electron chi connectivity index (χ2n) is 7.55. The molecule has 0 fully saturated rings. The van der Waals surface area contributed by atoms with Gasteiger partial charge in [-0.2, -0.15) is 0 Å². The van der Waals surface area contributed by atoms with Crippen LogP contribution in [0.4, 0.5) is 5.69 Å². The van der Waals surface area contributed by atoms with Crippen LogP contribution in [0.5, 0.6) is 5.75 Å². The molecule has 3 rings (SSSR count). The van der Waals surface area contributed by atoms with E-state index in [2.05, 4.69) is 15.3 Å². The summed E-state index contributed by atoms with van der Waals surface area (Å²) in [5, 5.41) is 12.6. The van der Waals surface area contributed by atoms with E-state index >= 15 is 0 Å². The molecule has 7 heteroatoms. The number of benzene rings is 1. The number of carbonyl (C=O) groups is 1. The lowest BCUT2D eigenvalue weighted by atomic mass is 9.95. The van der Waals surface area contributed by atoms with Crippen LogP contribution in [-0.4, -0.2) is 46.7 Å². The van der Waals surface area contributed by atoms with Crippen molar-refractivity contribution < 1.29 is 14.6 Å². The zero-order valence-corrected chi connectivity index (χ0v) is 16.8. The summed E-state index contributed by atoms with van der Waals surface area (Å²) in [5.74, 6) is 1.34. The molecule has 1 unspecified atom stereocenters. The van der Waals surface area contributed by atoms with Gasteiger partial charge in [-0.1, -0.05) is 19.9 Å².